The average Bonchev–Trinajstić information content (AvgIpc) is 2.34. The van der Waals surface area contributed by atoms with Crippen LogP contribution in [0.1, 0.15) is 10.6 Å². The Hall–Kier alpha value is -0.800. The molecule has 0 radical (unpaired) electrons. The number of furan rings is 1. The van der Waals surface area contributed by atoms with Crippen molar-refractivity contribution in [2.75, 3.05) is 0 Å². The molecule has 0 bridgehead atoms. The summed E-state index contributed by atoms with van der Waals surface area (Å²) in [6.45, 7) is 0. The number of carbonyl (C=O) groups is 2. The summed E-state index contributed by atoms with van der Waals surface area (Å²) in [6.07, 6.45) is 0. The van der Waals surface area contributed by atoms with Gasteiger partial charge in [0.1, 0.15) is 0 Å². The standard InChI is InChI=1S/C6H2Cl2O3/c7-4-2-1-3(11-4)5(9)6(8)10/h1-2H. The monoisotopic (exact) mass is 192 g/mol. The Morgan fingerprint density at radius 1 is 1.36 bits per heavy atom. The highest BCUT2D eigenvalue weighted by Gasteiger charge is 2.16. The van der Waals surface area contributed by atoms with Crippen molar-refractivity contribution >= 4 is 34.2 Å². The van der Waals surface area contributed by atoms with Gasteiger partial charge in [0.2, 0.25) is 0 Å². The van der Waals surface area contributed by atoms with Crippen LogP contribution in [0.4, 0.5) is 0 Å². The van der Waals surface area contributed by atoms with E-state index in [0.717, 1.165) is 0 Å². The molecule has 58 valence electrons. The Kier molecular flexibility index (Phi) is 2.31. The van der Waals surface area contributed by atoms with E-state index in [9.17, 15) is 9.59 Å². The van der Waals surface area contributed by atoms with E-state index in [4.69, 9.17) is 23.2 Å². The van der Waals surface area contributed by atoms with Crippen molar-refractivity contribution in [1.29, 1.82) is 0 Å². The smallest absolute Gasteiger partial charge is 0.296 e. The van der Waals surface area contributed by atoms with Gasteiger partial charge in [0.25, 0.3) is 11.0 Å². The Balaban J connectivity index is 2.94. The normalized spacial score (nSPS) is 9.64. The first-order valence-electron chi connectivity index (χ1n) is 2.61. The first kappa shape index (κ1) is 8.30. The average molecular weight is 193 g/mol. The predicted molar refractivity (Wildman–Crippen MR) is 38.9 cm³/mol. The highest BCUT2D eigenvalue weighted by Crippen LogP contribution is 2.14. The second-order valence-corrected chi connectivity index (χ2v) is 2.42. The van der Waals surface area contributed by atoms with E-state index in [-0.39, 0.29) is 11.0 Å². The molecule has 0 unspecified atom stereocenters. The van der Waals surface area contributed by atoms with Crippen LogP contribution in [-0.4, -0.2) is 11.0 Å². The molecule has 0 fully saturated rings. The van der Waals surface area contributed by atoms with Gasteiger partial charge in [-0.2, -0.15) is 0 Å². The van der Waals surface area contributed by atoms with Crippen LogP contribution in [0, 0.1) is 0 Å². The predicted octanol–water partition coefficient (Wildman–Crippen LogP) is 1.88. The number of hydrogen-bond acceptors (Lipinski definition) is 3. The fourth-order valence-corrected chi connectivity index (χ4v) is 0.772. The summed E-state index contributed by atoms with van der Waals surface area (Å²) in [5.74, 6) is -1.03. The number of hydrogen-bond donors (Lipinski definition) is 0. The molecule has 0 N–H and O–H groups in total. The molecule has 3 nitrogen and oxygen atoms in total. The molecule has 0 spiro atoms. The van der Waals surface area contributed by atoms with Crippen LogP contribution in [0.25, 0.3) is 0 Å². The van der Waals surface area contributed by atoms with Gasteiger partial charge in [-0.1, -0.05) is 0 Å². The molecule has 0 aliphatic rings. The molecule has 1 aromatic rings. The molecule has 0 amide bonds. The first-order chi connectivity index (χ1) is 5.11. The van der Waals surface area contributed by atoms with Gasteiger partial charge in [0.15, 0.2) is 11.0 Å². The van der Waals surface area contributed by atoms with E-state index in [1.807, 2.05) is 0 Å². The second kappa shape index (κ2) is 3.07. The maximum absolute atomic E-state index is 10.7. The molecule has 0 saturated carbocycles. The highest BCUT2D eigenvalue weighted by atomic mass is 35.5. The van der Waals surface area contributed by atoms with E-state index in [0.29, 0.717) is 0 Å². The van der Waals surface area contributed by atoms with E-state index in [1.165, 1.54) is 12.1 Å². The van der Waals surface area contributed by atoms with Crippen molar-refractivity contribution in [2.24, 2.45) is 0 Å². The molecule has 0 atom stereocenters. The van der Waals surface area contributed by atoms with Gasteiger partial charge in [-0.15, -0.1) is 0 Å². The molecule has 11 heavy (non-hydrogen) atoms. The van der Waals surface area contributed by atoms with Gasteiger partial charge in [-0.3, -0.25) is 9.59 Å². The van der Waals surface area contributed by atoms with E-state index in [1.54, 1.807) is 0 Å². The molecule has 0 saturated heterocycles. The highest BCUT2D eigenvalue weighted by molar-refractivity contribution is 6.82. The van der Waals surface area contributed by atoms with Gasteiger partial charge in [0, 0.05) is 0 Å². The second-order valence-electron chi connectivity index (χ2n) is 1.71. The lowest BCUT2D eigenvalue weighted by Gasteiger charge is -1.85. The molecule has 0 aromatic carbocycles. The zero-order valence-corrected chi connectivity index (χ0v) is 6.65. The van der Waals surface area contributed by atoms with Crippen molar-refractivity contribution in [3.8, 4) is 0 Å². The summed E-state index contributed by atoms with van der Waals surface area (Å²) >= 11 is 10.2. The molecule has 1 aromatic heterocycles. The fraction of sp³-hybridized carbons (Fsp3) is 0. The van der Waals surface area contributed by atoms with Crippen molar-refractivity contribution in [3.63, 3.8) is 0 Å². The van der Waals surface area contributed by atoms with E-state index in [2.05, 4.69) is 4.42 Å². The van der Waals surface area contributed by atoms with Crippen LogP contribution >= 0.6 is 23.2 Å². The lowest BCUT2D eigenvalue weighted by molar-refractivity contribution is -0.108. The third-order valence-corrected chi connectivity index (χ3v) is 1.35. The Bertz CT molecular complexity index is 303. The van der Waals surface area contributed by atoms with Gasteiger partial charge in [0.05, 0.1) is 0 Å². The summed E-state index contributed by atoms with van der Waals surface area (Å²) in [5, 5.41) is -1.04. The SMILES string of the molecule is O=C(Cl)C(=O)c1ccc(Cl)o1. The number of carbonyl (C=O) groups excluding carboxylic acids is 2. The lowest BCUT2D eigenvalue weighted by Crippen LogP contribution is -2.05. The number of ketones is 1. The van der Waals surface area contributed by atoms with Crippen molar-refractivity contribution in [3.05, 3.63) is 23.1 Å². The fourth-order valence-electron chi connectivity index (χ4n) is 0.533. The van der Waals surface area contributed by atoms with Crippen molar-refractivity contribution < 1.29 is 14.0 Å². The summed E-state index contributed by atoms with van der Waals surface area (Å²) in [7, 11) is 0. The van der Waals surface area contributed by atoms with E-state index >= 15 is 0 Å². The maximum Gasteiger partial charge on any atom is 0.296 e. The molecule has 1 rings (SSSR count). The van der Waals surface area contributed by atoms with Crippen molar-refractivity contribution in [1.82, 2.24) is 0 Å². The maximum atomic E-state index is 10.7. The molecular weight excluding hydrogens is 191 g/mol. The Morgan fingerprint density at radius 2 is 2.00 bits per heavy atom. The number of halogens is 2. The van der Waals surface area contributed by atoms with Gasteiger partial charge < -0.3 is 4.42 Å². The molecule has 0 aliphatic heterocycles. The molecule has 5 heteroatoms. The first-order valence-corrected chi connectivity index (χ1v) is 3.36. The lowest BCUT2D eigenvalue weighted by atomic mass is 10.3. The summed E-state index contributed by atoms with van der Waals surface area (Å²) in [6, 6.07) is 2.64. The van der Waals surface area contributed by atoms with Crippen LogP contribution < -0.4 is 0 Å². The molecule has 1 heterocycles. The Labute approximate surface area is 71.9 Å². The van der Waals surface area contributed by atoms with Crippen LogP contribution in [0.15, 0.2) is 16.5 Å². The topological polar surface area (TPSA) is 47.3 Å². The minimum atomic E-state index is -1.09. The minimum Gasteiger partial charge on any atom is -0.441 e. The number of Topliss-reactive ketones (excluding diaryl/α,β-unsaturated/α-hetero) is 1. The van der Waals surface area contributed by atoms with Crippen LogP contribution in [-0.2, 0) is 4.79 Å². The van der Waals surface area contributed by atoms with Crippen LogP contribution in [0.3, 0.4) is 0 Å². The van der Waals surface area contributed by atoms with E-state index < -0.39 is 11.0 Å². The van der Waals surface area contributed by atoms with Gasteiger partial charge in [-0.05, 0) is 35.3 Å². The largest absolute Gasteiger partial charge is 0.441 e. The summed E-state index contributed by atoms with van der Waals surface area (Å²) in [4.78, 5) is 21.0. The van der Waals surface area contributed by atoms with Gasteiger partial charge in [-0.25, -0.2) is 0 Å². The minimum absolute atomic E-state index is 0.0475. The zero-order chi connectivity index (χ0) is 8.43. The third-order valence-electron chi connectivity index (χ3n) is 0.976. The third kappa shape index (κ3) is 1.82. The molecular formula is C6H2Cl2O3. The van der Waals surface area contributed by atoms with Gasteiger partial charge >= 0.3 is 0 Å². The Morgan fingerprint density at radius 3 is 2.36 bits per heavy atom. The number of rotatable bonds is 2. The van der Waals surface area contributed by atoms with Crippen LogP contribution in [0.2, 0.25) is 5.22 Å². The quantitative estimate of drug-likeness (QED) is 0.409. The van der Waals surface area contributed by atoms with Crippen molar-refractivity contribution in [2.45, 2.75) is 0 Å². The molecule has 0 aliphatic carbocycles. The summed E-state index contributed by atoms with van der Waals surface area (Å²) < 4.78 is 4.62. The zero-order valence-electron chi connectivity index (χ0n) is 5.14. The summed E-state index contributed by atoms with van der Waals surface area (Å²) in [5.41, 5.74) is 0. The van der Waals surface area contributed by atoms with Crippen LogP contribution in [0.5, 0.6) is 0 Å².